The molecule has 25 heavy (non-hydrogen) atoms. The van der Waals surface area contributed by atoms with E-state index in [1.165, 1.54) is 10.9 Å². The molecule has 3 heterocycles. The summed E-state index contributed by atoms with van der Waals surface area (Å²) in [4.78, 5) is 40.9. The third-order valence-corrected chi connectivity index (χ3v) is 4.97. The molecule has 138 valence electrons. The van der Waals surface area contributed by atoms with Crippen LogP contribution in [0.4, 0.5) is 5.95 Å². The predicted molar refractivity (Wildman–Crippen MR) is 91.0 cm³/mol. The summed E-state index contributed by atoms with van der Waals surface area (Å²) in [5.41, 5.74) is 3.01. The van der Waals surface area contributed by atoms with Crippen molar-refractivity contribution in [2.75, 3.05) is 12.3 Å². The summed E-state index contributed by atoms with van der Waals surface area (Å²) >= 11 is 4.42. The molecule has 3 rings (SSSR count). The number of ether oxygens (including phenoxy) is 1. The molecular weight excluding hydrogens is 373 g/mol. The summed E-state index contributed by atoms with van der Waals surface area (Å²) in [5, 5.41) is 10.4. The number of nitrogens with one attached hydrogen (secondary N) is 1. The van der Waals surface area contributed by atoms with Crippen molar-refractivity contribution in [2.45, 2.75) is 37.7 Å². The number of nitrogens with zero attached hydrogens (tertiary/aromatic N) is 3. The number of H-pyrrole nitrogens is 1. The van der Waals surface area contributed by atoms with Gasteiger partial charge in [-0.1, -0.05) is 0 Å². The lowest BCUT2D eigenvalue weighted by Gasteiger charge is -2.31. The molecule has 2 aromatic rings. The maximum absolute atomic E-state index is 11.9. The van der Waals surface area contributed by atoms with E-state index in [0.717, 1.165) is 0 Å². The molecule has 2 aromatic heterocycles. The second-order valence-electron chi connectivity index (χ2n) is 6.31. The van der Waals surface area contributed by atoms with Gasteiger partial charge in [-0.25, -0.2) is 4.98 Å². The fourth-order valence-electron chi connectivity index (χ4n) is 2.94. The summed E-state index contributed by atoms with van der Waals surface area (Å²) in [6.45, 7) is -0.982. The molecule has 6 N–H and O–H groups in total. The van der Waals surface area contributed by atoms with E-state index >= 15 is 0 Å². The Morgan fingerprint density at radius 3 is 2.92 bits per heavy atom. The number of nitrogen functional groups attached to an aromatic ring is 1. The number of anilines is 1. The Bertz CT molecular complexity index is 926. The second-order valence-corrected chi connectivity index (χ2v) is 8.98. The van der Waals surface area contributed by atoms with Crippen LogP contribution in [-0.4, -0.2) is 52.7 Å². The Kier molecular flexibility index (Phi) is 4.27. The number of aliphatic hydroxyl groups excluding tert-OH is 1. The molecule has 1 saturated heterocycles. The minimum absolute atomic E-state index is 0.0752. The first-order valence-electron chi connectivity index (χ1n) is 7.25. The average Bonchev–Trinajstić information content (AvgIpc) is 2.97. The van der Waals surface area contributed by atoms with Gasteiger partial charge in [-0.2, -0.15) is 4.98 Å². The second kappa shape index (κ2) is 5.81. The number of hydrogen-bond acceptors (Lipinski definition) is 8. The number of fused-ring (bicyclic) bond motifs is 1. The van der Waals surface area contributed by atoms with Crippen molar-refractivity contribution in [1.82, 2.24) is 19.5 Å². The van der Waals surface area contributed by atoms with E-state index in [1.807, 2.05) is 0 Å². The molecule has 0 amide bonds. The molecular formula is C12H18N5O6PS. The molecule has 0 aromatic carbocycles. The Balaban J connectivity index is 1.98. The SMILES string of the molecule is C[C@]1(COP(O)(O)=S)O[C@@](C)(n2cnc3c(=O)[nH]c(N)nc32)CC1O. The van der Waals surface area contributed by atoms with Crippen LogP contribution in [0.15, 0.2) is 11.1 Å². The van der Waals surface area contributed by atoms with Crippen molar-refractivity contribution in [2.24, 2.45) is 0 Å². The number of hydrogen-bond donors (Lipinski definition) is 5. The Morgan fingerprint density at radius 2 is 2.28 bits per heavy atom. The largest absolute Gasteiger partial charge is 0.390 e. The lowest BCUT2D eigenvalue weighted by molar-refractivity contribution is -0.157. The quantitative estimate of drug-likeness (QED) is 0.413. The van der Waals surface area contributed by atoms with Crippen LogP contribution in [0.25, 0.3) is 11.2 Å². The normalized spacial score (nSPS) is 30.2. The van der Waals surface area contributed by atoms with E-state index in [1.54, 1.807) is 13.8 Å². The Morgan fingerprint density at radius 1 is 1.60 bits per heavy atom. The van der Waals surface area contributed by atoms with E-state index in [0.29, 0.717) is 0 Å². The van der Waals surface area contributed by atoms with Crippen LogP contribution in [0, 0.1) is 0 Å². The van der Waals surface area contributed by atoms with Crippen LogP contribution in [-0.2, 0) is 26.8 Å². The van der Waals surface area contributed by atoms with Crippen LogP contribution in [0.3, 0.4) is 0 Å². The summed E-state index contributed by atoms with van der Waals surface area (Å²) in [7, 11) is 0. The lowest BCUT2D eigenvalue weighted by Crippen LogP contribution is -2.41. The van der Waals surface area contributed by atoms with Crippen molar-refractivity contribution < 1.29 is 24.2 Å². The van der Waals surface area contributed by atoms with Crippen LogP contribution in [0.2, 0.25) is 0 Å². The fourth-order valence-corrected chi connectivity index (χ4v) is 3.53. The summed E-state index contributed by atoms with van der Waals surface area (Å²) < 4.78 is 12.3. The highest BCUT2D eigenvalue weighted by Gasteiger charge is 2.53. The smallest absolute Gasteiger partial charge is 0.321 e. The number of nitrogens with two attached hydrogens (primary N) is 1. The van der Waals surface area contributed by atoms with Crippen LogP contribution in [0.1, 0.15) is 20.3 Å². The maximum Gasteiger partial charge on any atom is 0.321 e. The highest BCUT2D eigenvalue weighted by molar-refractivity contribution is 8.06. The monoisotopic (exact) mass is 391 g/mol. The third kappa shape index (κ3) is 3.34. The van der Waals surface area contributed by atoms with Gasteiger partial charge in [0.1, 0.15) is 11.3 Å². The summed E-state index contributed by atoms with van der Waals surface area (Å²) in [6.07, 6.45) is 0.483. The number of imidazole rings is 1. The summed E-state index contributed by atoms with van der Waals surface area (Å²) in [5.74, 6) is -0.0752. The van der Waals surface area contributed by atoms with Gasteiger partial charge in [-0.3, -0.25) is 14.3 Å². The van der Waals surface area contributed by atoms with E-state index in [9.17, 15) is 19.7 Å². The zero-order chi connectivity index (χ0) is 18.6. The minimum atomic E-state index is -3.89. The van der Waals surface area contributed by atoms with Crippen molar-refractivity contribution in [3.05, 3.63) is 16.7 Å². The van der Waals surface area contributed by atoms with Crippen molar-refractivity contribution >= 4 is 35.6 Å². The van der Waals surface area contributed by atoms with Crippen LogP contribution in [0.5, 0.6) is 0 Å². The van der Waals surface area contributed by atoms with Gasteiger partial charge in [0.15, 0.2) is 11.2 Å². The van der Waals surface area contributed by atoms with Crippen molar-refractivity contribution in [1.29, 1.82) is 0 Å². The topological polar surface area (TPSA) is 169 Å². The van der Waals surface area contributed by atoms with Gasteiger partial charge >= 0.3 is 6.72 Å². The van der Waals surface area contributed by atoms with E-state index in [2.05, 4.69) is 26.8 Å². The zero-order valence-corrected chi connectivity index (χ0v) is 15.1. The highest BCUT2D eigenvalue weighted by atomic mass is 32.5. The first-order valence-corrected chi connectivity index (χ1v) is 9.88. The van der Waals surface area contributed by atoms with E-state index < -0.39 is 29.7 Å². The van der Waals surface area contributed by atoms with Gasteiger partial charge < -0.3 is 29.9 Å². The molecule has 11 nitrogen and oxygen atoms in total. The molecule has 13 heteroatoms. The molecule has 1 unspecified atom stereocenters. The molecule has 0 saturated carbocycles. The minimum Gasteiger partial charge on any atom is -0.390 e. The first kappa shape index (κ1) is 18.4. The van der Waals surface area contributed by atoms with Crippen molar-refractivity contribution in [3.8, 4) is 0 Å². The van der Waals surface area contributed by atoms with E-state index in [-0.39, 0.29) is 30.1 Å². The van der Waals surface area contributed by atoms with Crippen LogP contribution < -0.4 is 11.3 Å². The number of aliphatic hydroxyl groups is 1. The summed E-state index contributed by atoms with van der Waals surface area (Å²) in [6, 6.07) is 0. The van der Waals surface area contributed by atoms with Crippen LogP contribution >= 0.6 is 6.72 Å². The Hall–Kier alpha value is -1.40. The number of aromatic nitrogens is 4. The van der Waals surface area contributed by atoms with E-state index in [4.69, 9.17) is 15.0 Å². The molecule has 0 bridgehead atoms. The van der Waals surface area contributed by atoms with Gasteiger partial charge in [0, 0.05) is 6.42 Å². The van der Waals surface area contributed by atoms with Gasteiger partial charge in [0.05, 0.1) is 19.0 Å². The molecule has 0 spiro atoms. The third-order valence-electron chi connectivity index (χ3n) is 4.18. The molecule has 0 radical (unpaired) electrons. The molecule has 1 aliphatic heterocycles. The van der Waals surface area contributed by atoms with Gasteiger partial charge in [-0.15, -0.1) is 0 Å². The Labute approximate surface area is 146 Å². The maximum atomic E-state index is 11.9. The lowest BCUT2D eigenvalue weighted by atomic mass is 9.99. The fraction of sp³-hybridized carbons (Fsp3) is 0.583. The standard InChI is InChI=1S/C12H18N5O6PS/c1-11(4-22-24(20,21)25)6(18)3-12(2,23-11)17-5-14-7-8(17)15-10(13)16-9(7)19/h5-6,18H,3-4H2,1-2H3,(H2,20,21,25)(H3,13,15,16,19)/t6?,11-,12-/m1/s1. The van der Waals surface area contributed by atoms with Gasteiger partial charge in [-0.05, 0) is 25.7 Å². The first-order chi connectivity index (χ1) is 11.4. The average molecular weight is 391 g/mol. The van der Waals surface area contributed by atoms with Gasteiger partial charge in [0.2, 0.25) is 5.95 Å². The predicted octanol–water partition coefficient (Wildman–Crippen LogP) is -0.860. The number of rotatable bonds is 4. The van der Waals surface area contributed by atoms with Crippen molar-refractivity contribution in [3.63, 3.8) is 0 Å². The molecule has 1 fully saturated rings. The van der Waals surface area contributed by atoms with Gasteiger partial charge in [0.25, 0.3) is 5.56 Å². The zero-order valence-electron chi connectivity index (χ0n) is 13.4. The molecule has 0 aliphatic carbocycles. The molecule has 3 atom stereocenters. The highest BCUT2D eigenvalue weighted by Crippen LogP contribution is 2.45. The molecule has 1 aliphatic rings. The number of aromatic amines is 1.